The largest absolute Gasteiger partial charge is 0.494 e. The Hall–Kier alpha value is -0.840. The minimum atomic E-state index is 0.0737. The van der Waals surface area contributed by atoms with E-state index in [1.807, 2.05) is 38.2 Å². The van der Waals surface area contributed by atoms with Crippen molar-refractivity contribution in [2.24, 2.45) is 0 Å². The molecule has 20 heavy (non-hydrogen) atoms. The summed E-state index contributed by atoms with van der Waals surface area (Å²) in [4.78, 5) is 0. The van der Waals surface area contributed by atoms with Crippen LogP contribution in [0.4, 0.5) is 0 Å². The molecule has 2 rings (SSSR count). The third kappa shape index (κ3) is 3.43. The molecule has 0 aliphatic rings. The summed E-state index contributed by atoms with van der Waals surface area (Å²) in [6, 6.07) is 14.4. The Kier molecular flexibility index (Phi) is 5.64. The van der Waals surface area contributed by atoms with Crippen molar-refractivity contribution in [2.45, 2.75) is 13.0 Å². The van der Waals surface area contributed by atoms with Crippen molar-refractivity contribution in [2.75, 3.05) is 13.7 Å². The van der Waals surface area contributed by atoms with E-state index in [-0.39, 0.29) is 6.04 Å². The van der Waals surface area contributed by atoms with Crippen molar-refractivity contribution < 1.29 is 4.74 Å². The minimum Gasteiger partial charge on any atom is -0.494 e. The monoisotopic (exact) mass is 397 g/mol. The van der Waals surface area contributed by atoms with E-state index < -0.39 is 0 Å². The number of benzene rings is 2. The van der Waals surface area contributed by atoms with Crippen LogP contribution in [-0.2, 0) is 0 Å². The van der Waals surface area contributed by atoms with Crippen molar-refractivity contribution in [1.82, 2.24) is 5.32 Å². The van der Waals surface area contributed by atoms with E-state index in [4.69, 9.17) is 4.74 Å². The molecule has 4 heteroatoms. The summed E-state index contributed by atoms with van der Waals surface area (Å²) >= 11 is 7.17. The fourth-order valence-electron chi connectivity index (χ4n) is 2.22. The second-order valence-corrected chi connectivity index (χ2v) is 6.13. The van der Waals surface area contributed by atoms with Gasteiger partial charge in [-0.25, -0.2) is 0 Å². The predicted molar refractivity (Wildman–Crippen MR) is 90.4 cm³/mol. The van der Waals surface area contributed by atoms with E-state index in [0.717, 1.165) is 20.3 Å². The second kappa shape index (κ2) is 7.25. The lowest BCUT2D eigenvalue weighted by atomic mass is 9.98. The molecule has 0 saturated carbocycles. The first-order chi connectivity index (χ1) is 9.67. The summed E-state index contributed by atoms with van der Waals surface area (Å²) in [5.41, 5.74) is 2.31. The lowest BCUT2D eigenvalue weighted by Gasteiger charge is -2.22. The summed E-state index contributed by atoms with van der Waals surface area (Å²) in [6.45, 7) is 2.65. The smallest absolute Gasteiger partial charge is 0.124 e. The first-order valence-electron chi connectivity index (χ1n) is 6.51. The van der Waals surface area contributed by atoms with Gasteiger partial charge in [0.2, 0.25) is 0 Å². The van der Waals surface area contributed by atoms with Crippen LogP contribution in [0.15, 0.2) is 51.4 Å². The molecule has 0 radical (unpaired) electrons. The van der Waals surface area contributed by atoms with Gasteiger partial charge in [-0.05, 0) is 43.8 Å². The quantitative estimate of drug-likeness (QED) is 0.771. The molecule has 1 unspecified atom stereocenters. The number of hydrogen-bond acceptors (Lipinski definition) is 2. The van der Waals surface area contributed by atoms with E-state index in [2.05, 4.69) is 55.4 Å². The molecule has 106 valence electrons. The molecule has 0 spiro atoms. The fraction of sp³-hybridized carbons (Fsp3) is 0.250. The molecule has 0 amide bonds. The molecule has 0 fully saturated rings. The average Bonchev–Trinajstić information content (AvgIpc) is 2.44. The number of rotatable bonds is 5. The number of ether oxygens (including phenoxy) is 1. The molecular weight excluding hydrogens is 382 g/mol. The third-order valence-corrected chi connectivity index (χ3v) is 4.30. The van der Waals surface area contributed by atoms with Crippen molar-refractivity contribution in [3.05, 3.63) is 62.5 Å². The van der Waals surface area contributed by atoms with Gasteiger partial charge in [0.15, 0.2) is 0 Å². The molecule has 2 nitrogen and oxygen atoms in total. The Morgan fingerprint density at radius 3 is 2.50 bits per heavy atom. The Morgan fingerprint density at radius 1 is 1.10 bits per heavy atom. The van der Waals surface area contributed by atoms with Gasteiger partial charge in [-0.1, -0.05) is 50.1 Å². The molecule has 1 N–H and O–H groups in total. The zero-order valence-corrected chi connectivity index (χ0v) is 14.7. The number of hydrogen-bond donors (Lipinski definition) is 1. The van der Waals surface area contributed by atoms with Gasteiger partial charge in [0, 0.05) is 14.5 Å². The van der Waals surface area contributed by atoms with Crippen molar-refractivity contribution >= 4 is 31.9 Å². The third-order valence-electron chi connectivity index (χ3n) is 3.09. The molecule has 0 heterocycles. The maximum atomic E-state index is 5.76. The van der Waals surface area contributed by atoms with Crippen LogP contribution in [0.25, 0.3) is 0 Å². The van der Waals surface area contributed by atoms with E-state index >= 15 is 0 Å². The van der Waals surface area contributed by atoms with Crippen LogP contribution in [0.5, 0.6) is 5.75 Å². The van der Waals surface area contributed by atoms with Crippen LogP contribution in [0.2, 0.25) is 0 Å². The summed E-state index contributed by atoms with van der Waals surface area (Å²) in [6.07, 6.45) is 0. The van der Waals surface area contributed by atoms with E-state index in [1.165, 1.54) is 5.56 Å². The van der Waals surface area contributed by atoms with Gasteiger partial charge >= 0.3 is 0 Å². The first kappa shape index (κ1) is 15.5. The Balaban J connectivity index is 2.51. The van der Waals surface area contributed by atoms with E-state index in [1.54, 1.807) is 0 Å². The van der Waals surface area contributed by atoms with Crippen LogP contribution in [0, 0.1) is 0 Å². The summed E-state index contributed by atoms with van der Waals surface area (Å²) in [5.74, 6) is 0.908. The highest BCUT2D eigenvalue weighted by atomic mass is 79.9. The normalized spacial score (nSPS) is 12.2. The van der Waals surface area contributed by atoms with Gasteiger partial charge in [0.25, 0.3) is 0 Å². The van der Waals surface area contributed by atoms with Crippen molar-refractivity contribution in [3.63, 3.8) is 0 Å². The number of nitrogens with one attached hydrogen (secondary N) is 1. The van der Waals surface area contributed by atoms with Gasteiger partial charge in [-0.15, -0.1) is 0 Å². The Morgan fingerprint density at radius 2 is 1.85 bits per heavy atom. The molecule has 1 atom stereocenters. The highest BCUT2D eigenvalue weighted by Gasteiger charge is 2.19. The molecule has 0 aromatic heterocycles. The van der Waals surface area contributed by atoms with Crippen molar-refractivity contribution in [3.8, 4) is 5.75 Å². The summed E-state index contributed by atoms with van der Waals surface area (Å²) in [7, 11) is 1.96. The topological polar surface area (TPSA) is 21.3 Å². The van der Waals surface area contributed by atoms with Crippen LogP contribution >= 0.6 is 31.9 Å². The zero-order valence-electron chi connectivity index (χ0n) is 11.5. The van der Waals surface area contributed by atoms with Crippen LogP contribution < -0.4 is 10.1 Å². The van der Waals surface area contributed by atoms with Crippen LogP contribution in [-0.4, -0.2) is 13.7 Å². The van der Waals surface area contributed by atoms with E-state index in [0.29, 0.717) is 6.61 Å². The molecule has 0 aliphatic carbocycles. The van der Waals surface area contributed by atoms with Gasteiger partial charge in [-0.3, -0.25) is 0 Å². The number of halogens is 2. The van der Waals surface area contributed by atoms with E-state index in [9.17, 15) is 0 Å². The average molecular weight is 399 g/mol. The summed E-state index contributed by atoms with van der Waals surface area (Å²) < 4.78 is 7.89. The maximum Gasteiger partial charge on any atom is 0.124 e. The predicted octanol–water partition coefficient (Wildman–Crippen LogP) is 4.92. The van der Waals surface area contributed by atoms with Crippen LogP contribution in [0.3, 0.4) is 0 Å². The van der Waals surface area contributed by atoms with Gasteiger partial charge in [0.05, 0.1) is 12.6 Å². The zero-order chi connectivity index (χ0) is 14.5. The lowest BCUT2D eigenvalue weighted by Crippen LogP contribution is -2.19. The standard InChI is InChI=1S/C16H17Br2NO/c1-3-20-15-9-8-11(17)10-13(15)16(19-2)12-6-4-5-7-14(12)18/h4-10,16,19H,3H2,1-2H3. The second-order valence-electron chi connectivity index (χ2n) is 4.36. The van der Waals surface area contributed by atoms with Crippen molar-refractivity contribution in [1.29, 1.82) is 0 Å². The molecule has 0 saturated heterocycles. The highest BCUT2D eigenvalue weighted by molar-refractivity contribution is 9.10. The maximum absolute atomic E-state index is 5.76. The summed E-state index contributed by atoms with van der Waals surface area (Å²) in [5, 5.41) is 3.37. The molecule has 0 aliphatic heterocycles. The molecule has 0 bridgehead atoms. The lowest BCUT2D eigenvalue weighted by molar-refractivity contribution is 0.334. The molecule has 2 aromatic rings. The Labute approximate surface area is 136 Å². The molecular formula is C16H17Br2NO. The minimum absolute atomic E-state index is 0.0737. The molecule has 2 aromatic carbocycles. The van der Waals surface area contributed by atoms with Gasteiger partial charge < -0.3 is 10.1 Å². The van der Waals surface area contributed by atoms with Gasteiger partial charge in [0.1, 0.15) is 5.75 Å². The SMILES string of the molecule is CCOc1ccc(Br)cc1C(NC)c1ccccc1Br. The van der Waals surface area contributed by atoms with Gasteiger partial charge in [-0.2, -0.15) is 0 Å². The van der Waals surface area contributed by atoms with Crippen LogP contribution in [0.1, 0.15) is 24.1 Å². The highest BCUT2D eigenvalue weighted by Crippen LogP contribution is 2.35. The first-order valence-corrected chi connectivity index (χ1v) is 8.10. The Bertz CT molecular complexity index is 586. The fourth-order valence-corrected chi connectivity index (χ4v) is 3.11.